The van der Waals surface area contributed by atoms with E-state index in [1.807, 2.05) is 6.92 Å². The van der Waals surface area contributed by atoms with Gasteiger partial charge in [-0.05, 0) is 12.5 Å². The third-order valence-electron chi connectivity index (χ3n) is 1.85. The van der Waals surface area contributed by atoms with Crippen molar-refractivity contribution in [2.24, 2.45) is 0 Å². The van der Waals surface area contributed by atoms with E-state index in [2.05, 4.69) is 0 Å². The minimum atomic E-state index is -1.15. The molecule has 70 valence electrons. The molecule has 0 aliphatic rings. The predicted molar refractivity (Wildman–Crippen MR) is 46.8 cm³/mol. The lowest BCUT2D eigenvalue weighted by molar-refractivity contribution is -0.270. The van der Waals surface area contributed by atoms with Crippen LogP contribution in [0.2, 0.25) is 0 Å². The van der Waals surface area contributed by atoms with E-state index in [1.165, 1.54) is 6.07 Å². The van der Waals surface area contributed by atoms with Crippen LogP contribution in [0.3, 0.4) is 0 Å². The maximum atomic E-state index is 11.4. The van der Waals surface area contributed by atoms with E-state index in [4.69, 9.17) is 5.11 Å². The molecular weight excluding hydrogens is 168 g/mol. The largest absolute Gasteiger partial charge is 0.872 e. The molecule has 0 radical (unpaired) electrons. The summed E-state index contributed by atoms with van der Waals surface area (Å²) in [5.74, 6) is -1.50. The van der Waals surface area contributed by atoms with Gasteiger partial charge in [-0.25, -0.2) is 4.79 Å². The SMILES string of the molecule is CCCc1cccc(C(=O)O)c1[O-]. The second kappa shape index (κ2) is 3.94. The minimum absolute atomic E-state index is 0.133. The number of aryl methyl sites for hydroxylation is 1. The fourth-order valence-corrected chi connectivity index (χ4v) is 1.22. The van der Waals surface area contributed by atoms with E-state index in [-0.39, 0.29) is 11.3 Å². The third kappa shape index (κ3) is 1.99. The van der Waals surface area contributed by atoms with E-state index in [1.54, 1.807) is 12.1 Å². The highest BCUT2D eigenvalue weighted by Crippen LogP contribution is 2.20. The number of hydrogen-bond donors (Lipinski definition) is 1. The third-order valence-corrected chi connectivity index (χ3v) is 1.85. The molecule has 0 spiro atoms. The first-order chi connectivity index (χ1) is 6.16. The summed E-state index contributed by atoms with van der Waals surface area (Å²) in [7, 11) is 0. The summed E-state index contributed by atoms with van der Waals surface area (Å²) >= 11 is 0. The van der Waals surface area contributed by atoms with Gasteiger partial charge in [-0.3, -0.25) is 0 Å². The summed E-state index contributed by atoms with van der Waals surface area (Å²) in [5.41, 5.74) is 0.452. The Morgan fingerprint density at radius 3 is 2.77 bits per heavy atom. The number of carboxylic acid groups (broad SMARTS) is 1. The van der Waals surface area contributed by atoms with E-state index < -0.39 is 5.97 Å². The van der Waals surface area contributed by atoms with Gasteiger partial charge in [-0.15, -0.1) is 0 Å². The van der Waals surface area contributed by atoms with Crippen molar-refractivity contribution in [1.29, 1.82) is 0 Å². The zero-order valence-corrected chi connectivity index (χ0v) is 7.41. The molecule has 1 aromatic carbocycles. The molecule has 1 rings (SSSR count). The maximum Gasteiger partial charge on any atom is 0.335 e. The number of hydrogen-bond acceptors (Lipinski definition) is 2. The standard InChI is InChI=1S/C10H12O3/c1-2-4-7-5-3-6-8(9(7)11)10(12)13/h3,5-6,11H,2,4H2,1H3,(H,12,13)/p-1. The van der Waals surface area contributed by atoms with Crippen molar-refractivity contribution in [3.05, 3.63) is 29.3 Å². The zero-order chi connectivity index (χ0) is 9.84. The monoisotopic (exact) mass is 179 g/mol. The number of rotatable bonds is 3. The van der Waals surface area contributed by atoms with Crippen LogP contribution in [0.15, 0.2) is 18.2 Å². The van der Waals surface area contributed by atoms with Crippen molar-refractivity contribution in [3.8, 4) is 5.75 Å². The molecule has 13 heavy (non-hydrogen) atoms. The van der Waals surface area contributed by atoms with Gasteiger partial charge in [0.1, 0.15) is 0 Å². The lowest BCUT2D eigenvalue weighted by Gasteiger charge is -2.15. The quantitative estimate of drug-likeness (QED) is 0.763. The van der Waals surface area contributed by atoms with Crippen molar-refractivity contribution in [1.82, 2.24) is 0 Å². The molecule has 0 aliphatic carbocycles. The van der Waals surface area contributed by atoms with Crippen LogP contribution in [0.4, 0.5) is 0 Å². The highest BCUT2D eigenvalue weighted by molar-refractivity contribution is 5.91. The second-order valence-corrected chi connectivity index (χ2v) is 2.85. The molecule has 3 nitrogen and oxygen atoms in total. The molecule has 0 unspecified atom stereocenters. The van der Waals surface area contributed by atoms with Crippen LogP contribution in [-0.4, -0.2) is 11.1 Å². The van der Waals surface area contributed by atoms with Crippen molar-refractivity contribution in [3.63, 3.8) is 0 Å². The highest BCUT2D eigenvalue weighted by atomic mass is 16.4. The molecule has 0 fully saturated rings. The van der Waals surface area contributed by atoms with Crippen LogP contribution < -0.4 is 5.11 Å². The van der Waals surface area contributed by atoms with Gasteiger partial charge >= 0.3 is 5.97 Å². The average Bonchev–Trinajstić information content (AvgIpc) is 2.08. The van der Waals surface area contributed by atoms with Crippen LogP contribution in [0.5, 0.6) is 5.75 Å². The topological polar surface area (TPSA) is 60.4 Å². The summed E-state index contributed by atoms with van der Waals surface area (Å²) in [6, 6.07) is 4.62. The minimum Gasteiger partial charge on any atom is -0.872 e. The fourth-order valence-electron chi connectivity index (χ4n) is 1.22. The smallest absolute Gasteiger partial charge is 0.335 e. The van der Waals surface area contributed by atoms with E-state index in [0.717, 1.165) is 6.42 Å². The average molecular weight is 179 g/mol. The molecule has 0 amide bonds. The number of para-hydroxylation sites is 1. The molecule has 0 bridgehead atoms. The molecule has 0 aromatic heterocycles. The number of carbonyl (C=O) groups is 1. The van der Waals surface area contributed by atoms with Gasteiger partial charge in [0.05, 0.1) is 5.56 Å². The van der Waals surface area contributed by atoms with Crippen molar-refractivity contribution in [2.45, 2.75) is 19.8 Å². The molecular formula is C10H11O3-. The molecule has 0 saturated heterocycles. The molecule has 0 heterocycles. The normalized spacial score (nSPS) is 9.92. The van der Waals surface area contributed by atoms with Gasteiger partial charge in [-0.1, -0.05) is 36.8 Å². The Balaban J connectivity index is 3.10. The Bertz CT molecular complexity index is 318. The van der Waals surface area contributed by atoms with Gasteiger partial charge in [0, 0.05) is 0 Å². The summed E-state index contributed by atoms with van der Waals surface area (Å²) in [4.78, 5) is 10.6. The van der Waals surface area contributed by atoms with Crippen LogP contribution >= 0.6 is 0 Å². The van der Waals surface area contributed by atoms with E-state index >= 15 is 0 Å². The van der Waals surface area contributed by atoms with E-state index in [9.17, 15) is 9.90 Å². The summed E-state index contributed by atoms with van der Waals surface area (Å²) in [5, 5.41) is 20.1. The number of aromatic carboxylic acids is 1. The van der Waals surface area contributed by atoms with Crippen molar-refractivity contribution < 1.29 is 15.0 Å². The zero-order valence-electron chi connectivity index (χ0n) is 7.41. The molecule has 1 N–H and O–H groups in total. The fraction of sp³-hybridized carbons (Fsp3) is 0.300. The Morgan fingerprint density at radius 2 is 2.23 bits per heavy atom. The Labute approximate surface area is 76.6 Å². The molecule has 0 atom stereocenters. The Morgan fingerprint density at radius 1 is 1.54 bits per heavy atom. The Kier molecular flexibility index (Phi) is 2.90. The van der Waals surface area contributed by atoms with E-state index in [0.29, 0.717) is 12.0 Å². The summed E-state index contributed by atoms with van der Waals surface area (Å²) < 4.78 is 0. The first kappa shape index (κ1) is 9.58. The highest BCUT2D eigenvalue weighted by Gasteiger charge is 2.05. The lowest BCUT2D eigenvalue weighted by Crippen LogP contribution is -2.06. The molecule has 0 saturated carbocycles. The Hall–Kier alpha value is -1.51. The molecule has 1 aromatic rings. The maximum absolute atomic E-state index is 11.4. The van der Waals surface area contributed by atoms with Crippen LogP contribution in [0.25, 0.3) is 0 Å². The lowest BCUT2D eigenvalue weighted by atomic mass is 10.1. The van der Waals surface area contributed by atoms with Crippen molar-refractivity contribution >= 4 is 5.97 Å². The first-order valence-corrected chi connectivity index (χ1v) is 4.19. The summed E-state index contributed by atoms with van der Waals surface area (Å²) in [6.45, 7) is 1.95. The second-order valence-electron chi connectivity index (χ2n) is 2.85. The first-order valence-electron chi connectivity index (χ1n) is 4.19. The van der Waals surface area contributed by atoms with Crippen molar-refractivity contribution in [2.75, 3.05) is 0 Å². The van der Waals surface area contributed by atoms with Gasteiger partial charge in [-0.2, -0.15) is 0 Å². The number of benzene rings is 1. The summed E-state index contributed by atoms with van der Waals surface area (Å²) in [6.07, 6.45) is 1.48. The van der Waals surface area contributed by atoms with Gasteiger partial charge in [0.15, 0.2) is 0 Å². The van der Waals surface area contributed by atoms with Crippen LogP contribution in [-0.2, 0) is 6.42 Å². The van der Waals surface area contributed by atoms with Crippen LogP contribution in [0.1, 0.15) is 29.3 Å². The van der Waals surface area contributed by atoms with Crippen LogP contribution in [0, 0.1) is 0 Å². The van der Waals surface area contributed by atoms with Gasteiger partial charge < -0.3 is 10.2 Å². The predicted octanol–water partition coefficient (Wildman–Crippen LogP) is 1.41. The van der Waals surface area contributed by atoms with Gasteiger partial charge in [0.25, 0.3) is 0 Å². The van der Waals surface area contributed by atoms with Gasteiger partial charge in [0.2, 0.25) is 0 Å². The molecule has 3 heteroatoms. The number of carboxylic acids is 1. The molecule has 0 aliphatic heterocycles.